The molecule has 230 valence electrons. The number of thioether (sulfide) groups is 1. The maximum absolute atomic E-state index is 12.1. The van der Waals surface area contributed by atoms with Crippen LogP contribution in [0.25, 0.3) is 0 Å². The van der Waals surface area contributed by atoms with Gasteiger partial charge in [0.05, 0.1) is 13.2 Å². The number of esters is 2. The molecule has 2 atom stereocenters. The maximum atomic E-state index is 12.1. The lowest BCUT2D eigenvalue weighted by Crippen LogP contribution is -2.08. The Labute approximate surface area is 249 Å². The molecule has 0 saturated carbocycles. The van der Waals surface area contributed by atoms with Gasteiger partial charge in [0.1, 0.15) is 5.76 Å². The SMILES string of the molecule is CC.CCCC(=O)OC1=C(SCCCCCC(=O)OC)C(/C=C/C(O)Cc2ccccc2)CC1.COS(C)(C)C. The molecule has 6 nitrogen and oxygen atoms in total. The second kappa shape index (κ2) is 22.9. The van der Waals surface area contributed by atoms with Gasteiger partial charge in [-0.05, 0) is 55.8 Å². The van der Waals surface area contributed by atoms with Crippen molar-refractivity contribution in [3.8, 4) is 0 Å². The van der Waals surface area contributed by atoms with Crippen LogP contribution in [0.2, 0.25) is 0 Å². The summed E-state index contributed by atoms with van der Waals surface area (Å²) in [6, 6.07) is 9.94. The van der Waals surface area contributed by atoms with Gasteiger partial charge in [0.15, 0.2) is 0 Å². The van der Waals surface area contributed by atoms with E-state index >= 15 is 0 Å². The molecule has 1 aromatic rings. The fourth-order valence-corrected chi connectivity index (χ4v) is 4.91. The molecule has 1 aromatic carbocycles. The summed E-state index contributed by atoms with van der Waals surface area (Å²) in [5.41, 5.74) is 1.10. The summed E-state index contributed by atoms with van der Waals surface area (Å²) in [7, 11) is 2.50. The van der Waals surface area contributed by atoms with Crippen LogP contribution in [0, 0.1) is 5.92 Å². The molecule has 1 N–H and O–H groups in total. The predicted molar refractivity (Wildman–Crippen MR) is 173 cm³/mol. The van der Waals surface area contributed by atoms with Gasteiger partial charge < -0.3 is 18.8 Å². The number of ether oxygens (including phenoxy) is 2. The van der Waals surface area contributed by atoms with E-state index in [0.717, 1.165) is 60.5 Å². The van der Waals surface area contributed by atoms with Gasteiger partial charge >= 0.3 is 11.9 Å². The van der Waals surface area contributed by atoms with Gasteiger partial charge in [0.25, 0.3) is 0 Å². The number of rotatable bonds is 15. The summed E-state index contributed by atoms with van der Waals surface area (Å²) in [4.78, 5) is 24.4. The Morgan fingerprint density at radius 2 is 1.70 bits per heavy atom. The van der Waals surface area contributed by atoms with E-state index < -0.39 is 16.4 Å². The molecule has 2 unspecified atom stereocenters. The zero-order chi connectivity index (χ0) is 30.4. The normalized spacial score (nSPS) is 16.0. The molecule has 0 aromatic heterocycles. The molecule has 0 radical (unpaired) electrons. The third kappa shape index (κ3) is 18.6. The van der Waals surface area contributed by atoms with E-state index in [1.165, 1.54) is 7.11 Å². The minimum absolute atomic E-state index is 0.157. The lowest BCUT2D eigenvalue weighted by atomic mass is 10.0. The van der Waals surface area contributed by atoms with Crippen molar-refractivity contribution >= 4 is 34.0 Å². The predicted octanol–water partition coefficient (Wildman–Crippen LogP) is 7.85. The van der Waals surface area contributed by atoms with Crippen LogP contribution in [0.4, 0.5) is 0 Å². The van der Waals surface area contributed by atoms with Crippen LogP contribution in [-0.2, 0) is 29.7 Å². The minimum atomic E-state index is -0.662. The van der Waals surface area contributed by atoms with Gasteiger partial charge in [-0.25, -0.2) is 0 Å². The fourth-order valence-electron chi connectivity index (χ4n) is 3.63. The Hall–Kier alpha value is -1.74. The Kier molecular flexibility index (Phi) is 21.9. The molecule has 1 aliphatic carbocycles. The number of methoxy groups -OCH3 is 1. The van der Waals surface area contributed by atoms with Crippen LogP contribution in [0.15, 0.2) is 53.1 Å². The molecule has 0 amide bonds. The first-order valence-corrected chi connectivity index (χ1v) is 18.1. The molecule has 40 heavy (non-hydrogen) atoms. The van der Waals surface area contributed by atoms with Crippen molar-refractivity contribution in [2.75, 3.05) is 38.7 Å². The largest absolute Gasteiger partial charge is 0.469 e. The van der Waals surface area contributed by atoms with Gasteiger partial charge in [-0.15, -0.1) is 22.1 Å². The van der Waals surface area contributed by atoms with Crippen molar-refractivity contribution in [2.45, 2.75) is 84.7 Å². The Balaban J connectivity index is 0.00000168. The highest BCUT2D eigenvalue weighted by molar-refractivity contribution is 8.28. The highest BCUT2D eigenvalue weighted by atomic mass is 32.3. The second-order valence-corrected chi connectivity index (χ2v) is 14.8. The quantitative estimate of drug-likeness (QED) is 0.125. The standard InChI is InChI=1S/C26H36O5S.C4H12OS.C2H6/c1-3-10-25(29)31-23-17-15-21(14-16-22(27)19-20-11-6-4-7-12-20)26(23)32-18-9-5-8-13-24(28)30-2;1-5-6(2,3)4;1-2/h4,6-7,11-12,14,16,21-22,27H,3,5,8-10,13,15,17-19H2,1-2H3;1-4H3;1-2H3/b16-14+;;. The zero-order valence-electron chi connectivity index (χ0n) is 26.1. The Morgan fingerprint density at radius 1 is 1.05 bits per heavy atom. The topological polar surface area (TPSA) is 82.1 Å². The molecule has 0 spiro atoms. The van der Waals surface area contributed by atoms with Crippen LogP contribution in [0.5, 0.6) is 0 Å². The first kappa shape index (κ1) is 38.3. The number of hydrogen-bond donors (Lipinski definition) is 1. The molecular weight excluding hydrogens is 544 g/mol. The van der Waals surface area contributed by atoms with Crippen LogP contribution >= 0.6 is 22.1 Å². The second-order valence-electron chi connectivity index (χ2n) is 9.93. The number of benzene rings is 1. The van der Waals surface area contributed by atoms with E-state index in [2.05, 4.69) is 29.6 Å². The smallest absolute Gasteiger partial charge is 0.310 e. The fraction of sp³-hybridized carbons (Fsp3) is 0.625. The van der Waals surface area contributed by atoms with Crippen LogP contribution in [0.1, 0.15) is 77.7 Å². The third-order valence-electron chi connectivity index (χ3n) is 5.85. The summed E-state index contributed by atoms with van der Waals surface area (Å²) in [5.74, 6) is 1.51. The first-order chi connectivity index (χ1) is 19.1. The first-order valence-electron chi connectivity index (χ1n) is 14.4. The molecule has 0 aliphatic heterocycles. The molecule has 8 heteroatoms. The number of unbranched alkanes of at least 4 members (excludes halogenated alkanes) is 2. The summed E-state index contributed by atoms with van der Waals surface area (Å²) < 4.78 is 15.4. The lowest BCUT2D eigenvalue weighted by Gasteiger charge is -2.21. The summed E-state index contributed by atoms with van der Waals surface area (Å²) in [6.07, 6.45) is 16.3. The molecule has 0 fully saturated rings. The van der Waals surface area contributed by atoms with E-state index in [9.17, 15) is 14.7 Å². The molecule has 0 saturated heterocycles. The van der Waals surface area contributed by atoms with E-state index in [1.807, 2.05) is 57.2 Å². The van der Waals surface area contributed by atoms with Crippen molar-refractivity contribution < 1.29 is 28.4 Å². The number of carbonyl (C=O) groups excluding carboxylic acids is 2. The van der Waals surface area contributed by atoms with Crippen molar-refractivity contribution in [3.05, 3.63) is 58.7 Å². The van der Waals surface area contributed by atoms with Gasteiger partial charge in [-0.3, -0.25) is 9.59 Å². The van der Waals surface area contributed by atoms with Crippen molar-refractivity contribution in [1.29, 1.82) is 0 Å². The average Bonchev–Trinajstić information content (AvgIpc) is 3.31. The van der Waals surface area contributed by atoms with E-state index in [1.54, 1.807) is 18.9 Å². The minimum Gasteiger partial charge on any atom is -0.469 e. The number of carbonyl (C=O) groups is 2. The third-order valence-corrected chi connectivity index (χ3v) is 8.18. The Morgan fingerprint density at radius 3 is 2.27 bits per heavy atom. The zero-order valence-corrected chi connectivity index (χ0v) is 27.7. The van der Waals surface area contributed by atoms with Crippen LogP contribution < -0.4 is 0 Å². The van der Waals surface area contributed by atoms with Crippen LogP contribution in [0.3, 0.4) is 0 Å². The van der Waals surface area contributed by atoms with E-state index in [0.29, 0.717) is 19.3 Å². The van der Waals surface area contributed by atoms with Crippen molar-refractivity contribution in [2.24, 2.45) is 5.92 Å². The summed E-state index contributed by atoms with van der Waals surface area (Å²) >= 11 is 1.73. The van der Waals surface area contributed by atoms with Gasteiger partial charge in [0.2, 0.25) is 0 Å². The highest BCUT2D eigenvalue weighted by Gasteiger charge is 2.27. The maximum Gasteiger partial charge on any atom is 0.310 e. The van der Waals surface area contributed by atoms with Crippen LogP contribution in [-0.4, -0.2) is 61.9 Å². The number of aliphatic hydroxyl groups is 1. The van der Waals surface area contributed by atoms with E-state index in [-0.39, 0.29) is 17.9 Å². The molecule has 0 heterocycles. The number of allylic oxidation sites excluding steroid dienone is 3. The molecule has 1 aliphatic rings. The van der Waals surface area contributed by atoms with Crippen molar-refractivity contribution in [3.63, 3.8) is 0 Å². The number of hydrogen-bond acceptors (Lipinski definition) is 7. The average molecular weight is 599 g/mol. The lowest BCUT2D eigenvalue weighted by molar-refractivity contribution is -0.141. The highest BCUT2D eigenvalue weighted by Crippen LogP contribution is 2.41. The van der Waals surface area contributed by atoms with Crippen molar-refractivity contribution in [1.82, 2.24) is 0 Å². The monoisotopic (exact) mass is 598 g/mol. The van der Waals surface area contributed by atoms with Gasteiger partial charge in [-0.1, -0.05) is 69.7 Å². The summed E-state index contributed by atoms with van der Waals surface area (Å²) in [5, 5.41) is 10.4. The summed E-state index contributed by atoms with van der Waals surface area (Å²) in [6.45, 7) is 5.97. The van der Waals surface area contributed by atoms with E-state index in [4.69, 9.17) is 8.92 Å². The molecule has 0 bridgehead atoms. The Bertz CT molecular complexity index is 877. The van der Waals surface area contributed by atoms with Gasteiger partial charge in [0, 0.05) is 43.6 Å². The molecular formula is C32H54O6S2. The molecule has 2 rings (SSSR count). The number of aliphatic hydroxyl groups excluding tert-OH is 1. The van der Waals surface area contributed by atoms with Gasteiger partial charge in [-0.2, -0.15) is 0 Å².